The Bertz CT molecular complexity index is 662. The highest BCUT2D eigenvalue weighted by molar-refractivity contribution is 9.10. The van der Waals surface area contributed by atoms with Crippen molar-refractivity contribution in [2.75, 3.05) is 12.4 Å². The summed E-state index contributed by atoms with van der Waals surface area (Å²) < 4.78 is 6.02. The second-order valence-electron chi connectivity index (χ2n) is 4.12. The van der Waals surface area contributed by atoms with Gasteiger partial charge in [-0.05, 0) is 52.7 Å². The molecule has 0 aliphatic rings. The van der Waals surface area contributed by atoms with E-state index in [2.05, 4.69) is 26.2 Å². The molecule has 0 saturated heterocycles. The summed E-state index contributed by atoms with van der Waals surface area (Å²) in [6.07, 6.45) is 1.62. The van der Waals surface area contributed by atoms with E-state index in [9.17, 15) is 4.79 Å². The smallest absolute Gasteiger partial charge is 0.260 e. The number of aromatic nitrogens is 1. The van der Waals surface area contributed by atoms with Gasteiger partial charge in [0.05, 0.1) is 12.7 Å². The first-order valence-electron chi connectivity index (χ1n) is 5.78. The van der Waals surface area contributed by atoms with Crippen molar-refractivity contribution < 1.29 is 9.53 Å². The lowest BCUT2D eigenvalue weighted by atomic mass is 10.2. The number of hydrogen-bond donors (Lipinski definition) is 1. The Labute approximate surface area is 130 Å². The van der Waals surface area contributed by atoms with E-state index in [0.29, 0.717) is 22.2 Å². The first-order chi connectivity index (χ1) is 9.51. The van der Waals surface area contributed by atoms with Crippen molar-refractivity contribution in [1.29, 1.82) is 0 Å². The summed E-state index contributed by atoms with van der Waals surface area (Å²) in [6.45, 7) is 1.86. The number of nitrogens with zero attached hydrogens (tertiary/aromatic N) is 1. The number of rotatable bonds is 3. The van der Waals surface area contributed by atoms with Crippen LogP contribution in [-0.4, -0.2) is 18.0 Å². The number of amides is 1. The van der Waals surface area contributed by atoms with Gasteiger partial charge < -0.3 is 10.1 Å². The molecule has 4 nitrogen and oxygen atoms in total. The van der Waals surface area contributed by atoms with E-state index in [1.807, 2.05) is 13.0 Å². The lowest BCUT2D eigenvalue weighted by molar-refractivity contribution is 0.102. The second kappa shape index (κ2) is 6.24. The summed E-state index contributed by atoms with van der Waals surface area (Å²) in [5.41, 5.74) is 1.22. The van der Waals surface area contributed by atoms with Gasteiger partial charge in [0.1, 0.15) is 11.6 Å². The molecule has 0 atom stereocenters. The molecule has 20 heavy (non-hydrogen) atoms. The minimum atomic E-state index is -0.317. The van der Waals surface area contributed by atoms with Gasteiger partial charge in [0.15, 0.2) is 0 Å². The van der Waals surface area contributed by atoms with Gasteiger partial charge in [-0.3, -0.25) is 4.79 Å². The Balaban J connectivity index is 2.30. The van der Waals surface area contributed by atoms with Crippen LogP contribution >= 0.6 is 27.5 Å². The lowest BCUT2D eigenvalue weighted by Crippen LogP contribution is -2.15. The van der Waals surface area contributed by atoms with E-state index < -0.39 is 0 Å². The van der Waals surface area contributed by atoms with E-state index in [1.165, 1.54) is 7.11 Å². The molecule has 104 valence electrons. The summed E-state index contributed by atoms with van der Waals surface area (Å²) in [7, 11) is 1.50. The van der Waals surface area contributed by atoms with Crippen molar-refractivity contribution in [3.63, 3.8) is 0 Å². The Morgan fingerprint density at radius 3 is 2.80 bits per heavy atom. The standard InChI is InChI=1S/C14H12BrClN2O2/c1-8-5-9(15)7-17-13(8)18-14(19)11-6-10(16)3-4-12(11)20-2/h3-7H,1-2H3,(H,17,18,19). The zero-order chi connectivity index (χ0) is 14.7. The van der Waals surface area contributed by atoms with Crippen LogP contribution in [0.2, 0.25) is 5.02 Å². The SMILES string of the molecule is COc1ccc(Cl)cc1C(=O)Nc1ncc(Br)cc1C. The van der Waals surface area contributed by atoms with E-state index in [1.54, 1.807) is 24.4 Å². The molecule has 2 aromatic rings. The summed E-state index contributed by atoms with van der Waals surface area (Å²) in [5, 5.41) is 3.22. The van der Waals surface area contributed by atoms with Gasteiger partial charge >= 0.3 is 0 Å². The first kappa shape index (κ1) is 14.8. The molecule has 1 heterocycles. The predicted molar refractivity (Wildman–Crippen MR) is 82.6 cm³/mol. The second-order valence-corrected chi connectivity index (χ2v) is 5.47. The molecule has 2 rings (SSSR count). The van der Waals surface area contributed by atoms with Gasteiger partial charge in [0.25, 0.3) is 5.91 Å². The Kier molecular flexibility index (Phi) is 4.62. The molecule has 0 saturated carbocycles. The number of hydrogen-bond acceptors (Lipinski definition) is 3. The number of ether oxygens (including phenoxy) is 1. The molecule has 0 fully saturated rings. The van der Waals surface area contributed by atoms with Gasteiger partial charge in [0, 0.05) is 15.7 Å². The number of methoxy groups -OCH3 is 1. The van der Waals surface area contributed by atoms with E-state index in [0.717, 1.165) is 10.0 Å². The maximum Gasteiger partial charge on any atom is 0.260 e. The molecule has 0 aliphatic carbocycles. The highest BCUT2D eigenvalue weighted by Gasteiger charge is 2.14. The molecule has 1 N–H and O–H groups in total. The molecule has 0 unspecified atom stereocenters. The summed E-state index contributed by atoms with van der Waals surface area (Å²) >= 11 is 9.24. The quantitative estimate of drug-likeness (QED) is 0.903. The van der Waals surface area contributed by atoms with Crippen LogP contribution in [0.15, 0.2) is 34.9 Å². The van der Waals surface area contributed by atoms with Gasteiger partial charge in [0.2, 0.25) is 0 Å². The van der Waals surface area contributed by atoms with Crippen molar-refractivity contribution in [2.24, 2.45) is 0 Å². The number of aryl methyl sites for hydroxylation is 1. The highest BCUT2D eigenvalue weighted by Crippen LogP contribution is 2.24. The van der Waals surface area contributed by atoms with Crippen LogP contribution in [0.5, 0.6) is 5.75 Å². The summed E-state index contributed by atoms with van der Waals surface area (Å²) in [5.74, 6) is 0.643. The van der Waals surface area contributed by atoms with Crippen molar-refractivity contribution in [1.82, 2.24) is 4.98 Å². The minimum Gasteiger partial charge on any atom is -0.496 e. The summed E-state index contributed by atoms with van der Waals surface area (Å²) in [4.78, 5) is 16.5. The van der Waals surface area contributed by atoms with Gasteiger partial charge in [-0.2, -0.15) is 0 Å². The number of benzene rings is 1. The van der Waals surface area contributed by atoms with Gasteiger partial charge in [-0.15, -0.1) is 0 Å². The normalized spacial score (nSPS) is 10.2. The zero-order valence-corrected chi connectivity index (χ0v) is 13.2. The van der Waals surface area contributed by atoms with Crippen LogP contribution in [0.4, 0.5) is 5.82 Å². The summed E-state index contributed by atoms with van der Waals surface area (Å²) in [6, 6.07) is 6.75. The lowest BCUT2D eigenvalue weighted by Gasteiger charge is -2.10. The first-order valence-corrected chi connectivity index (χ1v) is 6.95. The number of halogens is 2. The number of nitrogens with one attached hydrogen (secondary N) is 1. The molecule has 0 aliphatic heterocycles. The largest absolute Gasteiger partial charge is 0.496 e. The number of carbonyl (C=O) groups excluding carboxylic acids is 1. The topological polar surface area (TPSA) is 51.2 Å². The average Bonchev–Trinajstić information content (AvgIpc) is 2.41. The predicted octanol–water partition coefficient (Wildman–Crippen LogP) is 4.07. The Morgan fingerprint density at radius 1 is 1.40 bits per heavy atom. The molecule has 1 amide bonds. The molecule has 1 aromatic heterocycles. The van der Waals surface area contributed by atoms with Crippen molar-refractivity contribution in [2.45, 2.75) is 6.92 Å². The minimum absolute atomic E-state index is 0.317. The van der Waals surface area contributed by atoms with Crippen molar-refractivity contribution in [3.8, 4) is 5.75 Å². The molecule has 6 heteroatoms. The zero-order valence-electron chi connectivity index (χ0n) is 10.9. The third-order valence-electron chi connectivity index (χ3n) is 2.68. The average molecular weight is 356 g/mol. The molecule has 0 spiro atoms. The van der Waals surface area contributed by atoms with Crippen LogP contribution in [0, 0.1) is 6.92 Å². The van der Waals surface area contributed by atoms with Crippen molar-refractivity contribution >= 4 is 39.3 Å². The maximum atomic E-state index is 12.3. The van der Waals surface area contributed by atoms with Crippen LogP contribution in [0.3, 0.4) is 0 Å². The Hall–Kier alpha value is -1.59. The molecule has 0 radical (unpaired) electrons. The fourth-order valence-corrected chi connectivity index (χ4v) is 2.32. The number of carbonyl (C=O) groups is 1. The van der Waals surface area contributed by atoms with Crippen molar-refractivity contribution in [3.05, 3.63) is 51.1 Å². The van der Waals surface area contributed by atoms with Gasteiger partial charge in [-0.1, -0.05) is 11.6 Å². The van der Waals surface area contributed by atoms with Crippen LogP contribution in [0.1, 0.15) is 15.9 Å². The fraction of sp³-hybridized carbons (Fsp3) is 0.143. The highest BCUT2D eigenvalue weighted by atomic mass is 79.9. The molecular weight excluding hydrogens is 344 g/mol. The molecular formula is C14H12BrClN2O2. The number of anilines is 1. The van der Waals surface area contributed by atoms with Gasteiger partial charge in [-0.25, -0.2) is 4.98 Å². The molecule has 0 bridgehead atoms. The van der Waals surface area contributed by atoms with Crippen LogP contribution in [0.25, 0.3) is 0 Å². The monoisotopic (exact) mass is 354 g/mol. The van der Waals surface area contributed by atoms with Crippen LogP contribution < -0.4 is 10.1 Å². The van der Waals surface area contributed by atoms with E-state index in [-0.39, 0.29) is 5.91 Å². The van der Waals surface area contributed by atoms with Crippen LogP contribution in [-0.2, 0) is 0 Å². The fourth-order valence-electron chi connectivity index (χ4n) is 1.70. The maximum absolute atomic E-state index is 12.3. The number of pyridine rings is 1. The third-order valence-corrected chi connectivity index (χ3v) is 3.35. The van der Waals surface area contributed by atoms with E-state index >= 15 is 0 Å². The molecule has 1 aromatic carbocycles. The third kappa shape index (κ3) is 3.29. The Morgan fingerprint density at radius 2 is 2.15 bits per heavy atom. The van der Waals surface area contributed by atoms with E-state index in [4.69, 9.17) is 16.3 Å².